The van der Waals surface area contributed by atoms with E-state index in [4.69, 9.17) is 4.42 Å². The second kappa shape index (κ2) is 5.93. The SMILES string of the molecule is O=C(Cn1ncnn1)N1CCCC(c2nnc(C(F)(F)F)o2)C1. The van der Waals surface area contributed by atoms with Gasteiger partial charge in [-0.15, -0.1) is 20.4 Å². The summed E-state index contributed by atoms with van der Waals surface area (Å²) in [7, 11) is 0. The summed E-state index contributed by atoms with van der Waals surface area (Å²) >= 11 is 0. The first-order valence-electron chi connectivity index (χ1n) is 6.82. The average Bonchev–Trinajstić information content (AvgIpc) is 3.18. The Morgan fingerprint density at radius 3 is 2.87 bits per heavy atom. The van der Waals surface area contributed by atoms with Crippen LogP contribution in [0, 0.1) is 0 Å². The molecule has 2 aromatic rings. The molecule has 1 aliphatic heterocycles. The number of hydrogen-bond donors (Lipinski definition) is 0. The van der Waals surface area contributed by atoms with Crippen LogP contribution in [0.2, 0.25) is 0 Å². The molecule has 1 amide bonds. The first-order chi connectivity index (χ1) is 10.9. The fourth-order valence-corrected chi connectivity index (χ4v) is 2.40. The fourth-order valence-electron chi connectivity index (χ4n) is 2.40. The predicted molar refractivity (Wildman–Crippen MR) is 65.7 cm³/mol. The molecular weight excluding hydrogens is 319 g/mol. The molecule has 1 saturated heterocycles. The van der Waals surface area contributed by atoms with Gasteiger partial charge in [0.1, 0.15) is 6.54 Å². The van der Waals surface area contributed by atoms with Crippen molar-refractivity contribution < 1.29 is 22.4 Å². The second-order valence-corrected chi connectivity index (χ2v) is 5.09. The topological polar surface area (TPSA) is 103 Å². The monoisotopic (exact) mass is 331 g/mol. The zero-order valence-corrected chi connectivity index (χ0v) is 11.8. The molecule has 124 valence electrons. The Hall–Kier alpha value is -2.53. The van der Waals surface area contributed by atoms with Gasteiger partial charge in [-0.25, -0.2) is 0 Å². The minimum Gasteiger partial charge on any atom is -0.417 e. The summed E-state index contributed by atoms with van der Waals surface area (Å²) in [5, 5.41) is 17.3. The van der Waals surface area contributed by atoms with E-state index in [9.17, 15) is 18.0 Å². The minimum atomic E-state index is -4.67. The zero-order chi connectivity index (χ0) is 16.4. The van der Waals surface area contributed by atoms with Gasteiger partial charge in [-0.2, -0.15) is 18.0 Å². The summed E-state index contributed by atoms with van der Waals surface area (Å²) in [6.07, 6.45) is -2.26. The summed E-state index contributed by atoms with van der Waals surface area (Å²) in [5.74, 6) is -2.14. The van der Waals surface area contributed by atoms with E-state index < -0.39 is 18.0 Å². The summed E-state index contributed by atoms with van der Waals surface area (Å²) < 4.78 is 42.2. The van der Waals surface area contributed by atoms with E-state index in [0.29, 0.717) is 19.4 Å². The number of carbonyl (C=O) groups is 1. The van der Waals surface area contributed by atoms with Gasteiger partial charge in [-0.1, -0.05) is 0 Å². The molecule has 0 N–H and O–H groups in total. The molecule has 3 heterocycles. The van der Waals surface area contributed by atoms with Crippen molar-refractivity contribution in [3.63, 3.8) is 0 Å². The number of hydrogen-bond acceptors (Lipinski definition) is 7. The molecule has 0 saturated carbocycles. The first-order valence-corrected chi connectivity index (χ1v) is 6.82. The third-order valence-corrected chi connectivity index (χ3v) is 3.47. The molecule has 2 aromatic heterocycles. The maximum absolute atomic E-state index is 12.5. The van der Waals surface area contributed by atoms with Crippen LogP contribution in [0.3, 0.4) is 0 Å². The molecule has 0 aromatic carbocycles. The van der Waals surface area contributed by atoms with E-state index in [1.807, 2.05) is 0 Å². The normalized spacial score (nSPS) is 19.1. The number of piperidine rings is 1. The van der Waals surface area contributed by atoms with Crippen molar-refractivity contribution in [2.75, 3.05) is 13.1 Å². The average molecular weight is 331 g/mol. The number of carbonyl (C=O) groups excluding carboxylic acids is 1. The molecule has 0 radical (unpaired) electrons. The van der Waals surface area contributed by atoms with Gasteiger partial charge in [0.05, 0.1) is 5.92 Å². The van der Waals surface area contributed by atoms with Crippen LogP contribution in [0.25, 0.3) is 0 Å². The Balaban J connectivity index is 1.66. The lowest BCUT2D eigenvalue weighted by Crippen LogP contribution is -2.41. The third-order valence-electron chi connectivity index (χ3n) is 3.47. The number of alkyl halides is 3. The van der Waals surface area contributed by atoms with Gasteiger partial charge in [-0.05, 0) is 18.1 Å². The van der Waals surface area contributed by atoms with Crippen LogP contribution >= 0.6 is 0 Å². The second-order valence-electron chi connectivity index (χ2n) is 5.09. The summed E-state index contributed by atoms with van der Waals surface area (Å²) in [6.45, 7) is 0.641. The molecule has 1 aliphatic rings. The molecule has 23 heavy (non-hydrogen) atoms. The molecule has 1 fully saturated rings. The Morgan fingerprint density at radius 1 is 1.39 bits per heavy atom. The molecule has 0 spiro atoms. The lowest BCUT2D eigenvalue weighted by Gasteiger charge is -2.30. The third kappa shape index (κ3) is 3.46. The number of nitrogens with zero attached hydrogens (tertiary/aromatic N) is 7. The number of halogens is 3. The van der Waals surface area contributed by atoms with E-state index in [-0.39, 0.29) is 24.9 Å². The first kappa shape index (κ1) is 15.4. The molecule has 0 bridgehead atoms. The highest BCUT2D eigenvalue weighted by Crippen LogP contribution is 2.31. The van der Waals surface area contributed by atoms with Gasteiger partial charge in [0.15, 0.2) is 6.33 Å². The molecule has 12 heteroatoms. The van der Waals surface area contributed by atoms with Crippen LogP contribution in [0.4, 0.5) is 13.2 Å². The van der Waals surface area contributed by atoms with Gasteiger partial charge in [0, 0.05) is 13.1 Å². The molecule has 9 nitrogen and oxygen atoms in total. The summed E-state index contributed by atoms with van der Waals surface area (Å²) in [6, 6.07) is 0. The van der Waals surface area contributed by atoms with Crippen molar-refractivity contribution in [3.8, 4) is 0 Å². The smallest absolute Gasteiger partial charge is 0.417 e. The number of aromatic nitrogens is 6. The number of tetrazole rings is 1. The fraction of sp³-hybridized carbons (Fsp3) is 0.636. The summed E-state index contributed by atoms with van der Waals surface area (Å²) in [5.41, 5.74) is 0. The Bertz CT molecular complexity index is 669. The quantitative estimate of drug-likeness (QED) is 0.806. The lowest BCUT2D eigenvalue weighted by molar-refractivity contribution is -0.157. The Labute approximate surface area is 127 Å². The van der Waals surface area contributed by atoms with Gasteiger partial charge in [-0.3, -0.25) is 4.79 Å². The van der Waals surface area contributed by atoms with E-state index in [1.165, 1.54) is 11.2 Å². The van der Waals surface area contributed by atoms with Crippen LogP contribution in [0.1, 0.15) is 30.5 Å². The van der Waals surface area contributed by atoms with Crippen LogP contribution in [-0.2, 0) is 17.5 Å². The Morgan fingerprint density at radius 2 is 2.22 bits per heavy atom. The van der Waals surface area contributed by atoms with Gasteiger partial charge >= 0.3 is 12.1 Å². The van der Waals surface area contributed by atoms with E-state index >= 15 is 0 Å². The lowest BCUT2D eigenvalue weighted by atomic mass is 9.98. The van der Waals surface area contributed by atoms with E-state index in [1.54, 1.807) is 0 Å². The molecular formula is C11H12F3N7O2. The van der Waals surface area contributed by atoms with Gasteiger partial charge < -0.3 is 9.32 Å². The van der Waals surface area contributed by atoms with Crippen molar-refractivity contribution >= 4 is 5.91 Å². The highest BCUT2D eigenvalue weighted by molar-refractivity contribution is 5.75. The number of likely N-dealkylation sites (tertiary alicyclic amines) is 1. The van der Waals surface area contributed by atoms with Gasteiger partial charge in [0.25, 0.3) is 0 Å². The highest BCUT2D eigenvalue weighted by atomic mass is 19.4. The molecule has 1 atom stereocenters. The number of rotatable bonds is 3. The van der Waals surface area contributed by atoms with Crippen LogP contribution in [-0.4, -0.2) is 54.3 Å². The number of amides is 1. The van der Waals surface area contributed by atoms with Gasteiger partial charge in [0.2, 0.25) is 11.8 Å². The van der Waals surface area contributed by atoms with E-state index in [2.05, 4.69) is 25.6 Å². The maximum atomic E-state index is 12.5. The predicted octanol–water partition coefficient (Wildman–Crippen LogP) is 0.481. The van der Waals surface area contributed by atoms with Crippen molar-refractivity contribution in [1.29, 1.82) is 0 Å². The van der Waals surface area contributed by atoms with Crippen molar-refractivity contribution in [3.05, 3.63) is 18.1 Å². The minimum absolute atomic E-state index is 0.0790. The molecule has 1 unspecified atom stereocenters. The van der Waals surface area contributed by atoms with Crippen molar-refractivity contribution in [2.45, 2.75) is 31.5 Å². The highest BCUT2D eigenvalue weighted by Gasteiger charge is 2.39. The van der Waals surface area contributed by atoms with E-state index in [0.717, 1.165) is 4.80 Å². The zero-order valence-electron chi connectivity index (χ0n) is 11.8. The summed E-state index contributed by atoms with van der Waals surface area (Å²) in [4.78, 5) is 14.8. The largest absolute Gasteiger partial charge is 0.470 e. The molecule has 0 aliphatic carbocycles. The van der Waals surface area contributed by atoms with Crippen molar-refractivity contribution in [1.82, 2.24) is 35.3 Å². The Kier molecular flexibility index (Phi) is 3.96. The maximum Gasteiger partial charge on any atom is 0.470 e. The molecule has 3 rings (SSSR count). The van der Waals surface area contributed by atoms with Crippen LogP contribution in [0.5, 0.6) is 0 Å². The standard InChI is InChI=1S/C11H12F3N7O2/c12-11(13,14)10-18-17-9(23-10)7-2-1-3-20(4-7)8(22)5-21-16-6-15-19-21/h6-7H,1-5H2. The van der Waals surface area contributed by atoms with Crippen LogP contribution in [0.15, 0.2) is 10.7 Å². The van der Waals surface area contributed by atoms with Crippen molar-refractivity contribution in [2.24, 2.45) is 0 Å². The van der Waals surface area contributed by atoms with Crippen LogP contribution < -0.4 is 0 Å².